The van der Waals surface area contributed by atoms with E-state index in [1.165, 1.54) is 0 Å². The van der Waals surface area contributed by atoms with Gasteiger partial charge in [0.25, 0.3) is 0 Å². The van der Waals surface area contributed by atoms with Crippen LogP contribution in [-0.4, -0.2) is 24.5 Å². The first kappa shape index (κ1) is 9.63. The van der Waals surface area contributed by atoms with E-state index >= 15 is 0 Å². The molecule has 1 rings (SSSR count). The molecule has 0 radical (unpaired) electrons. The van der Waals surface area contributed by atoms with Crippen molar-refractivity contribution in [3.8, 4) is 0 Å². The standard InChI is InChI=1S/C8H14Cl2O/c1-11-5-6-7(9)3-2-4-8(6)10/h6-8H,2-5H2,1H3. The highest BCUT2D eigenvalue weighted by Gasteiger charge is 2.30. The molecule has 0 aliphatic heterocycles. The lowest BCUT2D eigenvalue weighted by Gasteiger charge is -2.30. The van der Waals surface area contributed by atoms with Gasteiger partial charge in [0.1, 0.15) is 0 Å². The highest BCUT2D eigenvalue weighted by molar-refractivity contribution is 6.24. The predicted molar refractivity (Wildman–Crippen MR) is 48.5 cm³/mol. The summed E-state index contributed by atoms with van der Waals surface area (Å²) in [5.41, 5.74) is 0. The Morgan fingerprint density at radius 2 is 1.82 bits per heavy atom. The zero-order chi connectivity index (χ0) is 8.27. The molecule has 0 heterocycles. The summed E-state index contributed by atoms with van der Waals surface area (Å²) in [6, 6.07) is 0. The Morgan fingerprint density at radius 1 is 1.27 bits per heavy atom. The van der Waals surface area contributed by atoms with E-state index in [0.717, 1.165) is 19.3 Å². The van der Waals surface area contributed by atoms with E-state index in [1.54, 1.807) is 7.11 Å². The topological polar surface area (TPSA) is 9.23 Å². The summed E-state index contributed by atoms with van der Waals surface area (Å²) < 4.78 is 5.05. The average Bonchev–Trinajstić information content (AvgIpc) is 1.97. The molecule has 0 amide bonds. The third-order valence-corrected chi connectivity index (χ3v) is 3.33. The van der Waals surface area contributed by atoms with E-state index in [2.05, 4.69) is 0 Å². The minimum atomic E-state index is 0.214. The smallest absolute Gasteiger partial charge is 0.0518 e. The van der Waals surface area contributed by atoms with Crippen molar-refractivity contribution >= 4 is 23.2 Å². The van der Waals surface area contributed by atoms with Crippen molar-refractivity contribution in [2.75, 3.05) is 13.7 Å². The fraction of sp³-hybridized carbons (Fsp3) is 1.00. The van der Waals surface area contributed by atoms with Crippen LogP contribution in [0, 0.1) is 5.92 Å². The summed E-state index contributed by atoms with van der Waals surface area (Å²) in [5, 5.41) is 0.428. The zero-order valence-electron chi connectivity index (χ0n) is 6.72. The minimum absolute atomic E-state index is 0.214. The van der Waals surface area contributed by atoms with Gasteiger partial charge in [0.2, 0.25) is 0 Å². The molecule has 0 spiro atoms. The number of rotatable bonds is 2. The quantitative estimate of drug-likeness (QED) is 0.618. The van der Waals surface area contributed by atoms with Crippen LogP contribution < -0.4 is 0 Å². The molecule has 0 aromatic heterocycles. The Kier molecular flexibility index (Phi) is 3.97. The first-order valence-electron chi connectivity index (χ1n) is 4.02. The summed E-state index contributed by atoms with van der Waals surface area (Å²) in [5.74, 6) is 0.345. The molecule has 1 aliphatic carbocycles. The second-order valence-corrected chi connectivity index (χ2v) is 4.20. The van der Waals surface area contributed by atoms with Gasteiger partial charge in [0.05, 0.1) is 6.61 Å². The monoisotopic (exact) mass is 196 g/mol. The molecule has 3 heteroatoms. The van der Waals surface area contributed by atoms with Crippen LogP contribution in [0.2, 0.25) is 0 Å². The molecule has 11 heavy (non-hydrogen) atoms. The van der Waals surface area contributed by atoms with Crippen LogP contribution in [0.3, 0.4) is 0 Å². The molecule has 1 fully saturated rings. The Bertz CT molecular complexity index is 109. The highest BCUT2D eigenvalue weighted by atomic mass is 35.5. The molecule has 1 saturated carbocycles. The summed E-state index contributed by atoms with van der Waals surface area (Å²) in [7, 11) is 1.70. The third-order valence-electron chi connectivity index (χ3n) is 2.25. The van der Waals surface area contributed by atoms with Crippen LogP contribution >= 0.6 is 23.2 Å². The van der Waals surface area contributed by atoms with Crippen molar-refractivity contribution in [3.63, 3.8) is 0 Å². The molecule has 0 saturated heterocycles. The van der Waals surface area contributed by atoms with Crippen LogP contribution in [0.1, 0.15) is 19.3 Å². The Morgan fingerprint density at radius 3 is 2.27 bits per heavy atom. The third kappa shape index (κ3) is 2.50. The Labute approximate surface area is 78.0 Å². The van der Waals surface area contributed by atoms with Crippen molar-refractivity contribution in [2.24, 2.45) is 5.92 Å². The van der Waals surface area contributed by atoms with Crippen LogP contribution in [0.15, 0.2) is 0 Å². The van der Waals surface area contributed by atoms with Gasteiger partial charge in [-0.25, -0.2) is 0 Å². The van der Waals surface area contributed by atoms with Gasteiger partial charge in [-0.05, 0) is 12.8 Å². The van der Waals surface area contributed by atoms with E-state index in [4.69, 9.17) is 27.9 Å². The molecule has 0 bridgehead atoms. The maximum Gasteiger partial charge on any atom is 0.0518 e. The number of ether oxygens (including phenoxy) is 1. The normalized spacial score (nSPS) is 39.0. The maximum atomic E-state index is 6.09. The Balaban J connectivity index is 2.41. The van der Waals surface area contributed by atoms with Gasteiger partial charge in [-0.2, -0.15) is 0 Å². The van der Waals surface area contributed by atoms with Crippen molar-refractivity contribution in [3.05, 3.63) is 0 Å². The number of hydrogen-bond donors (Lipinski definition) is 0. The summed E-state index contributed by atoms with van der Waals surface area (Å²) in [6.45, 7) is 0.697. The largest absolute Gasteiger partial charge is 0.384 e. The van der Waals surface area contributed by atoms with Gasteiger partial charge in [-0.15, -0.1) is 23.2 Å². The lowest BCUT2D eigenvalue weighted by atomic mass is 9.89. The molecular formula is C8H14Cl2O. The van der Waals surface area contributed by atoms with Crippen molar-refractivity contribution < 1.29 is 4.74 Å². The predicted octanol–water partition coefficient (Wildman–Crippen LogP) is 2.65. The van der Waals surface area contributed by atoms with Crippen LogP contribution in [0.5, 0.6) is 0 Å². The molecule has 0 N–H and O–H groups in total. The summed E-state index contributed by atoms with van der Waals surface area (Å²) in [6.07, 6.45) is 3.32. The molecule has 0 aromatic rings. The van der Waals surface area contributed by atoms with Crippen molar-refractivity contribution in [1.29, 1.82) is 0 Å². The average molecular weight is 197 g/mol. The van der Waals surface area contributed by atoms with Gasteiger partial charge in [-0.1, -0.05) is 6.42 Å². The molecule has 0 aromatic carbocycles. The molecule has 2 unspecified atom stereocenters. The summed E-state index contributed by atoms with van der Waals surface area (Å²) >= 11 is 12.2. The van der Waals surface area contributed by atoms with Gasteiger partial charge < -0.3 is 4.74 Å². The number of hydrogen-bond acceptors (Lipinski definition) is 1. The fourth-order valence-corrected chi connectivity index (χ4v) is 2.44. The Hall–Kier alpha value is 0.540. The van der Waals surface area contributed by atoms with E-state index in [1.807, 2.05) is 0 Å². The minimum Gasteiger partial charge on any atom is -0.384 e. The van der Waals surface area contributed by atoms with E-state index in [9.17, 15) is 0 Å². The number of halogens is 2. The number of alkyl halides is 2. The second kappa shape index (κ2) is 4.54. The SMILES string of the molecule is COCC1C(Cl)CCCC1Cl. The zero-order valence-corrected chi connectivity index (χ0v) is 8.24. The highest BCUT2D eigenvalue weighted by Crippen LogP contribution is 2.32. The first-order valence-corrected chi connectivity index (χ1v) is 4.90. The van der Waals surface area contributed by atoms with Gasteiger partial charge in [0.15, 0.2) is 0 Å². The number of methoxy groups -OCH3 is 1. The maximum absolute atomic E-state index is 6.09. The first-order chi connectivity index (χ1) is 5.25. The fourth-order valence-electron chi connectivity index (χ4n) is 1.56. The van der Waals surface area contributed by atoms with E-state index in [0.29, 0.717) is 12.5 Å². The van der Waals surface area contributed by atoms with Crippen LogP contribution in [-0.2, 0) is 4.74 Å². The van der Waals surface area contributed by atoms with Crippen molar-refractivity contribution in [2.45, 2.75) is 30.0 Å². The van der Waals surface area contributed by atoms with Crippen molar-refractivity contribution in [1.82, 2.24) is 0 Å². The molecular weight excluding hydrogens is 183 g/mol. The van der Waals surface area contributed by atoms with Gasteiger partial charge in [0, 0.05) is 23.8 Å². The molecule has 66 valence electrons. The van der Waals surface area contributed by atoms with Gasteiger partial charge in [-0.3, -0.25) is 0 Å². The van der Waals surface area contributed by atoms with E-state index < -0.39 is 0 Å². The molecule has 2 atom stereocenters. The van der Waals surface area contributed by atoms with Crippen LogP contribution in [0.4, 0.5) is 0 Å². The van der Waals surface area contributed by atoms with Crippen LogP contribution in [0.25, 0.3) is 0 Å². The molecule has 1 nitrogen and oxygen atoms in total. The van der Waals surface area contributed by atoms with Gasteiger partial charge >= 0.3 is 0 Å². The lowest BCUT2D eigenvalue weighted by molar-refractivity contribution is 0.136. The summed E-state index contributed by atoms with van der Waals surface area (Å²) in [4.78, 5) is 0. The van der Waals surface area contributed by atoms with E-state index in [-0.39, 0.29) is 10.8 Å². The lowest BCUT2D eigenvalue weighted by Crippen LogP contribution is -2.32. The second-order valence-electron chi connectivity index (χ2n) is 3.08. The molecule has 1 aliphatic rings.